The van der Waals surface area contributed by atoms with E-state index in [2.05, 4.69) is 141 Å². The van der Waals surface area contributed by atoms with E-state index in [0.29, 0.717) is 0 Å². The summed E-state index contributed by atoms with van der Waals surface area (Å²) in [7, 11) is 0. The predicted octanol–water partition coefficient (Wildman–Crippen LogP) is 14.1. The van der Waals surface area contributed by atoms with Crippen LogP contribution in [0.2, 0.25) is 29.6 Å². The molecule has 0 radical (unpaired) electrons. The molecular weight excluding hydrogens is 830 g/mol. The zero-order valence-electron chi connectivity index (χ0n) is 31.8. The van der Waals surface area contributed by atoms with E-state index >= 15 is 0 Å². The van der Waals surface area contributed by atoms with Crippen molar-refractivity contribution < 1.29 is 0 Å². The van der Waals surface area contributed by atoms with Crippen molar-refractivity contribution in [1.29, 1.82) is 0 Å². The Kier molecular flexibility index (Phi) is 13.3. The molecule has 0 aliphatic rings. The summed E-state index contributed by atoms with van der Waals surface area (Å²) in [6, 6.07) is 24.9. The fourth-order valence-corrected chi connectivity index (χ4v) is 20.1. The molecule has 2 atom stereocenters. The van der Waals surface area contributed by atoms with E-state index in [1.54, 1.807) is 5.79 Å². The van der Waals surface area contributed by atoms with E-state index in [1.165, 1.54) is 118 Å². The average molecular weight is 893 g/mol. The van der Waals surface area contributed by atoms with Gasteiger partial charge in [-0.2, -0.15) is 0 Å². The maximum absolute atomic E-state index is 2.65. The van der Waals surface area contributed by atoms with Crippen molar-refractivity contribution in [2.24, 2.45) is 11.8 Å². The Hall–Kier alpha value is -0.823. The van der Waals surface area contributed by atoms with Gasteiger partial charge in [0.25, 0.3) is 0 Å². The molecule has 0 nitrogen and oxygen atoms in total. The number of hydrogen-bond acceptors (Lipinski definition) is 2. The van der Waals surface area contributed by atoms with E-state index in [9.17, 15) is 0 Å². The first-order chi connectivity index (χ1) is 22.9. The van der Waals surface area contributed by atoms with Crippen LogP contribution in [0.25, 0.3) is 42.4 Å². The molecule has 4 heteroatoms. The monoisotopic (exact) mass is 894 g/mol. The van der Waals surface area contributed by atoms with Gasteiger partial charge in [-0.15, -0.1) is 0 Å². The van der Waals surface area contributed by atoms with Gasteiger partial charge in [0.2, 0.25) is 0 Å². The molecule has 0 N–H and O–H groups in total. The van der Waals surface area contributed by atoms with Crippen LogP contribution in [0, 0.1) is 11.8 Å². The van der Waals surface area contributed by atoms with Gasteiger partial charge in [0.1, 0.15) is 0 Å². The first kappa shape index (κ1) is 38.4. The third-order valence-corrected chi connectivity index (χ3v) is 31.7. The van der Waals surface area contributed by atoms with Gasteiger partial charge < -0.3 is 0 Å². The van der Waals surface area contributed by atoms with Gasteiger partial charge in [-0.1, -0.05) is 26.7 Å². The van der Waals surface area contributed by atoms with Gasteiger partial charge in [-0.05, 0) is 0 Å². The quantitative estimate of drug-likeness (QED) is 0.0866. The number of hydrogen-bond donors (Lipinski definition) is 0. The molecule has 258 valence electrons. The third-order valence-electron chi connectivity index (χ3n) is 10.6. The molecule has 2 unspecified atom stereocenters. The Morgan fingerprint density at radius 2 is 0.875 bits per heavy atom. The first-order valence-electron chi connectivity index (χ1n) is 19.1. The fourth-order valence-electron chi connectivity index (χ4n) is 7.25. The minimum atomic E-state index is -2.34. The van der Waals surface area contributed by atoms with Crippen molar-refractivity contribution in [3.05, 3.63) is 71.8 Å². The Morgan fingerprint density at radius 3 is 1.17 bits per heavy atom. The van der Waals surface area contributed by atoms with Crippen molar-refractivity contribution >= 4 is 85.4 Å². The molecule has 0 saturated heterocycles. The summed E-state index contributed by atoms with van der Waals surface area (Å²) in [5.74, 6) is 1.59. The molecule has 48 heavy (non-hydrogen) atoms. The summed E-state index contributed by atoms with van der Waals surface area (Å²) in [6.07, 6.45) is 12.9. The Bertz CT molecular complexity index is 1590. The molecule has 0 spiro atoms. The van der Waals surface area contributed by atoms with Crippen LogP contribution in [0.1, 0.15) is 90.2 Å². The van der Waals surface area contributed by atoms with Crippen LogP contribution < -0.4 is 5.79 Å². The van der Waals surface area contributed by atoms with Crippen LogP contribution in [0.15, 0.2) is 60.7 Å². The molecule has 0 saturated carbocycles. The third kappa shape index (κ3) is 8.96. The molecule has 5 aromatic rings. The van der Waals surface area contributed by atoms with Crippen LogP contribution in [-0.2, 0) is 12.8 Å². The second kappa shape index (κ2) is 16.7. The summed E-state index contributed by atoms with van der Waals surface area (Å²) in [4.78, 5) is 15.5. The summed E-state index contributed by atoms with van der Waals surface area (Å²) < 4.78 is 6.41. The van der Waals surface area contributed by atoms with Gasteiger partial charge in [0, 0.05) is 0 Å². The molecule has 0 fully saturated rings. The van der Waals surface area contributed by atoms with Gasteiger partial charge in [0.15, 0.2) is 0 Å². The second-order valence-electron chi connectivity index (χ2n) is 16.6. The molecule has 3 aromatic carbocycles. The van der Waals surface area contributed by atoms with Crippen molar-refractivity contribution in [2.75, 3.05) is 0 Å². The maximum atomic E-state index is 2.65. The van der Waals surface area contributed by atoms with Gasteiger partial charge in [-0.25, -0.2) is 0 Å². The molecule has 0 amide bonds. The van der Waals surface area contributed by atoms with E-state index < -0.39 is 36.8 Å². The Labute approximate surface area is 309 Å². The van der Waals surface area contributed by atoms with Crippen molar-refractivity contribution in [3.8, 4) is 22.3 Å². The zero-order valence-corrected chi connectivity index (χ0v) is 39.2. The standard InChI is InChI=1S/C38H44S2.6CH3.2Sn/c1-5-9-11-27(7-3)25-29-13-17-31(18-14-29)35-33-21-23-40-38(33)36(34-22-24-39-37(34)35)32-19-15-30(16-20-32)26-28(8-4)12-10-6-2;;;;;;;;/h13-22,27-28H,5-12,25-26H2,1-4H3;6*1H3;;. The molecule has 0 aliphatic heterocycles. The molecule has 2 heterocycles. The molecular formula is C44H62S2Sn2. The summed E-state index contributed by atoms with van der Waals surface area (Å²) in [6.45, 7) is 9.38. The molecule has 0 aliphatic carbocycles. The van der Waals surface area contributed by atoms with Crippen LogP contribution in [-0.4, -0.2) is 36.8 Å². The van der Waals surface area contributed by atoms with E-state index in [-0.39, 0.29) is 0 Å². The number of thiophene rings is 2. The number of unbranched alkanes of at least 4 members (excludes halogenated alkanes) is 2. The van der Waals surface area contributed by atoms with Crippen molar-refractivity contribution in [2.45, 2.75) is 122 Å². The first-order valence-corrected chi connectivity index (χ1v) is 40.7. The van der Waals surface area contributed by atoms with Gasteiger partial charge in [0.05, 0.1) is 0 Å². The number of rotatable bonds is 16. The van der Waals surface area contributed by atoms with Gasteiger partial charge >= 0.3 is 286 Å². The second-order valence-corrected chi connectivity index (χ2v) is 49.5. The van der Waals surface area contributed by atoms with Crippen LogP contribution in [0.5, 0.6) is 0 Å². The van der Waals surface area contributed by atoms with Crippen molar-refractivity contribution in [3.63, 3.8) is 0 Å². The summed E-state index contributed by atoms with van der Waals surface area (Å²) in [5.41, 5.74) is 8.80. The molecule has 5 rings (SSSR count). The number of benzene rings is 3. The van der Waals surface area contributed by atoms with Crippen LogP contribution in [0.3, 0.4) is 0 Å². The van der Waals surface area contributed by atoms with E-state index in [0.717, 1.165) is 11.8 Å². The summed E-state index contributed by atoms with van der Waals surface area (Å²) >= 11 is -0.422. The van der Waals surface area contributed by atoms with E-state index in [4.69, 9.17) is 0 Å². The normalized spacial score (nSPS) is 13.9. The molecule has 0 bridgehead atoms. The van der Waals surface area contributed by atoms with E-state index in [1.807, 2.05) is 0 Å². The average Bonchev–Trinajstić information content (AvgIpc) is 3.70. The fraction of sp³-hybridized carbons (Fsp3) is 0.500. The topological polar surface area (TPSA) is 0 Å². The minimum absolute atomic E-state index is 0.793. The molecule has 2 aromatic heterocycles. The Morgan fingerprint density at radius 1 is 0.521 bits per heavy atom. The summed E-state index contributed by atoms with van der Waals surface area (Å²) in [5, 5.41) is 3.00. The number of fused-ring (bicyclic) bond motifs is 2. The zero-order chi connectivity index (χ0) is 34.6. The SMILES string of the molecule is CCCCC(CC)Cc1ccc(-c2c3c[c]([Sn]([CH3])([CH3])[CH3])sc3c(-c3ccc(CC(CC)CCCC)cc3)c3c[c]([Sn]([CH3])([CH3])[CH3])sc23)cc1. The predicted molar refractivity (Wildman–Crippen MR) is 228 cm³/mol. The Balaban J connectivity index is 1.68. The van der Waals surface area contributed by atoms with Crippen LogP contribution in [0.4, 0.5) is 0 Å². The van der Waals surface area contributed by atoms with Crippen molar-refractivity contribution in [1.82, 2.24) is 0 Å². The van der Waals surface area contributed by atoms with Gasteiger partial charge in [-0.3, -0.25) is 0 Å². The van der Waals surface area contributed by atoms with Crippen LogP contribution >= 0.6 is 22.7 Å².